The van der Waals surface area contributed by atoms with Crippen LogP contribution in [0.1, 0.15) is 23.5 Å². The van der Waals surface area contributed by atoms with Crippen LogP contribution in [0.15, 0.2) is 60.8 Å². The lowest BCUT2D eigenvalue weighted by Gasteiger charge is -2.26. The Kier molecular flexibility index (Phi) is 5.23. The van der Waals surface area contributed by atoms with Crippen molar-refractivity contribution in [2.24, 2.45) is 0 Å². The number of amides is 2. The normalized spacial score (nSPS) is 15.4. The Morgan fingerprint density at radius 1 is 1.18 bits per heavy atom. The lowest BCUT2D eigenvalue weighted by molar-refractivity contribution is 0.245. The molecule has 6 nitrogen and oxygen atoms in total. The molecule has 3 aromatic rings. The highest BCUT2D eigenvalue weighted by molar-refractivity contribution is 5.88. The third kappa shape index (κ3) is 4.14. The number of carbonyl (C=O) groups is 1. The van der Waals surface area contributed by atoms with Gasteiger partial charge in [0.1, 0.15) is 17.4 Å². The number of hydrogen-bond acceptors (Lipinski definition) is 3. The van der Waals surface area contributed by atoms with E-state index in [1.54, 1.807) is 29.1 Å². The number of benzene rings is 2. The maximum absolute atomic E-state index is 13.1. The quantitative estimate of drug-likeness (QED) is 0.708. The van der Waals surface area contributed by atoms with E-state index in [1.165, 1.54) is 12.1 Å². The topological polar surface area (TPSA) is 68.2 Å². The summed E-state index contributed by atoms with van der Waals surface area (Å²) in [6.07, 6.45) is 2.48. The van der Waals surface area contributed by atoms with Crippen molar-refractivity contribution in [1.29, 1.82) is 0 Å². The van der Waals surface area contributed by atoms with Gasteiger partial charge in [-0.1, -0.05) is 30.3 Å². The summed E-state index contributed by atoms with van der Waals surface area (Å²) in [6.45, 7) is 1.62. The first-order valence-corrected chi connectivity index (χ1v) is 9.22. The molecule has 2 aromatic carbocycles. The first-order chi connectivity index (χ1) is 13.7. The molecule has 2 heterocycles. The van der Waals surface area contributed by atoms with E-state index in [9.17, 15) is 9.18 Å². The fraction of sp³-hybridized carbons (Fsp3) is 0.238. The number of fused-ring (bicyclic) bond motifs is 1. The zero-order valence-corrected chi connectivity index (χ0v) is 15.3. The lowest BCUT2D eigenvalue weighted by atomic mass is 9.93. The standard InChI is InChI=1S/C21H21FN4O2/c22-17-7-5-15(6-8-17)14-26-20(9-11-24-26)25-21(27)23-13-16-10-12-28-19-4-2-1-3-18(16)19/h1-9,11,16H,10,12-14H2,(H2,23,25,27). The van der Waals surface area contributed by atoms with E-state index in [0.717, 1.165) is 23.3 Å². The molecule has 0 saturated heterocycles. The summed E-state index contributed by atoms with van der Waals surface area (Å²) >= 11 is 0. The van der Waals surface area contributed by atoms with Crippen molar-refractivity contribution >= 4 is 11.8 Å². The van der Waals surface area contributed by atoms with Crippen LogP contribution < -0.4 is 15.4 Å². The van der Waals surface area contributed by atoms with Crippen LogP contribution in [-0.4, -0.2) is 29.0 Å². The van der Waals surface area contributed by atoms with Gasteiger partial charge in [0.05, 0.1) is 19.3 Å². The fourth-order valence-electron chi connectivity index (χ4n) is 3.33. The Bertz CT molecular complexity index is 955. The zero-order chi connectivity index (χ0) is 19.3. The number of nitrogens with one attached hydrogen (secondary N) is 2. The summed E-state index contributed by atoms with van der Waals surface area (Å²) in [7, 11) is 0. The minimum atomic E-state index is -0.287. The lowest BCUT2D eigenvalue weighted by Crippen LogP contribution is -2.34. The molecule has 1 aromatic heterocycles. The van der Waals surface area contributed by atoms with Gasteiger partial charge in [-0.25, -0.2) is 13.9 Å². The van der Waals surface area contributed by atoms with Crippen molar-refractivity contribution in [2.75, 3.05) is 18.5 Å². The van der Waals surface area contributed by atoms with E-state index in [4.69, 9.17) is 4.74 Å². The smallest absolute Gasteiger partial charge is 0.320 e. The molecule has 2 amide bonds. The molecule has 144 valence electrons. The highest BCUT2D eigenvalue weighted by Crippen LogP contribution is 2.32. The molecule has 2 N–H and O–H groups in total. The van der Waals surface area contributed by atoms with Crippen LogP contribution in [0, 0.1) is 5.82 Å². The molecule has 1 atom stereocenters. The van der Waals surface area contributed by atoms with Gasteiger partial charge >= 0.3 is 6.03 Å². The molecule has 0 bridgehead atoms. The number of halogens is 1. The molecule has 1 aliphatic rings. The number of nitrogens with zero attached hydrogens (tertiary/aromatic N) is 2. The SMILES string of the molecule is O=C(NCC1CCOc2ccccc21)Nc1ccnn1Cc1ccc(F)cc1. The van der Waals surface area contributed by atoms with Gasteiger partial charge in [0.15, 0.2) is 0 Å². The highest BCUT2D eigenvalue weighted by atomic mass is 19.1. The second-order valence-corrected chi connectivity index (χ2v) is 6.71. The average molecular weight is 380 g/mol. The van der Waals surface area contributed by atoms with Crippen molar-refractivity contribution in [1.82, 2.24) is 15.1 Å². The van der Waals surface area contributed by atoms with E-state index < -0.39 is 0 Å². The number of anilines is 1. The number of urea groups is 1. The van der Waals surface area contributed by atoms with Crippen molar-refractivity contribution < 1.29 is 13.9 Å². The number of aromatic nitrogens is 2. The van der Waals surface area contributed by atoms with Gasteiger partial charge in [-0.3, -0.25) is 5.32 Å². The minimum absolute atomic E-state index is 0.222. The summed E-state index contributed by atoms with van der Waals surface area (Å²) in [6, 6.07) is 15.6. The van der Waals surface area contributed by atoms with Crippen LogP contribution in [-0.2, 0) is 6.54 Å². The minimum Gasteiger partial charge on any atom is -0.493 e. The van der Waals surface area contributed by atoms with Gasteiger partial charge in [0.2, 0.25) is 0 Å². The van der Waals surface area contributed by atoms with Crippen LogP contribution in [0.5, 0.6) is 5.75 Å². The predicted molar refractivity (Wildman–Crippen MR) is 104 cm³/mol. The Hall–Kier alpha value is -3.35. The molecule has 1 unspecified atom stereocenters. The van der Waals surface area contributed by atoms with Gasteiger partial charge in [-0.15, -0.1) is 0 Å². The molecule has 7 heteroatoms. The third-order valence-corrected chi connectivity index (χ3v) is 4.80. The molecular formula is C21H21FN4O2. The Morgan fingerprint density at radius 2 is 2.00 bits per heavy atom. The summed E-state index contributed by atoms with van der Waals surface area (Å²) in [5.41, 5.74) is 2.02. The van der Waals surface area contributed by atoms with E-state index in [-0.39, 0.29) is 17.8 Å². The highest BCUT2D eigenvalue weighted by Gasteiger charge is 2.21. The van der Waals surface area contributed by atoms with Crippen molar-refractivity contribution in [3.05, 3.63) is 77.7 Å². The van der Waals surface area contributed by atoms with Gasteiger partial charge in [-0.2, -0.15) is 5.10 Å². The zero-order valence-electron chi connectivity index (χ0n) is 15.3. The van der Waals surface area contributed by atoms with Gasteiger partial charge in [0, 0.05) is 18.5 Å². The van der Waals surface area contributed by atoms with Crippen LogP contribution in [0.25, 0.3) is 0 Å². The number of ether oxygens (including phenoxy) is 1. The molecule has 0 spiro atoms. The maximum atomic E-state index is 13.1. The van der Waals surface area contributed by atoms with Gasteiger partial charge in [-0.05, 0) is 35.7 Å². The van der Waals surface area contributed by atoms with E-state index >= 15 is 0 Å². The number of rotatable bonds is 5. The second-order valence-electron chi connectivity index (χ2n) is 6.71. The van der Waals surface area contributed by atoms with Gasteiger partial charge < -0.3 is 10.1 Å². The largest absolute Gasteiger partial charge is 0.493 e. The molecule has 1 aliphatic heterocycles. The fourth-order valence-corrected chi connectivity index (χ4v) is 3.33. The third-order valence-electron chi connectivity index (χ3n) is 4.80. The monoisotopic (exact) mass is 380 g/mol. The Balaban J connectivity index is 1.35. The molecule has 0 saturated carbocycles. The Labute approximate surface area is 162 Å². The number of hydrogen-bond donors (Lipinski definition) is 2. The molecule has 28 heavy (non-hydrogen) atoms. The van der Waals surface area contributed by atoms with Gasteiger partial charge in [0.25, 0.3) is 0 Å². The summed E-state index contributed by atoms with van der Waals surface area (Å²) in [4.78, 5) is 12.4. The summed E-state index contributed by atoms with van der Waals surface area (Å²) in [5.74, 6) is 1.41. The summed E-state index contributed by atoms with van der Waals surface area (Å²) in [5, 5.41) is 10.00. The number of carbonyl (C=O) groups excluding carboxylic acids is 1. The predicted octanol–water partition coefficient (Wildman–Crippen LogP) is 3.76. The van der Waals surface area contributed by atoms with Crippen LogP contribution in [0.4, 0.5) is 15.0 Å². The first kappa shape index (κ1) is 18.0. The van der Waals surface area contributed by atoms with Crippen molar-refractivity contribution in [3.8, 4) is 5.75 Å². The molecule has 0 radical (unpaired) electrons. The summed E-state index contributed by atoms with van der Waals surface area (Å²) < 4.78 is 20.4. The number of para-hydroxylation sites is 1. The van der Waals surface area contributed by atoms with Crippen molar-refractivity contribution in [3.63, 3.8) is 0 Å². The first-order valence-electron chi connectivity index (χ1n) is 9.22. The second kappa shape index (κ2) is 8.12. The van der Waals surface area contributed by atoms with Crippen LogP contribution in [0.2, 0.25) is 0 Å². The maximum Gasteiger partial charge on any atom is 0.320 e. The van der Waals surface area contributed by atoms with E-state index in [1.807, 2.05) is 24.3 Å². The molecule has 0 fully saturated rings. The Morgan fingerprint density at radius 3 is 2.86 bits per heavy atom. The molecule has 4 rings (SSSR count). The van der Waals surface area contributed by atoms with E-state index in [0.29, 0.717) is 25.5 Å². The molecular weight excluding hydrogens is 359 g/mol. The molecule has 0 aliphatic carbocycles. The van der Waals surface area contributed by atoms with Crippen LogP contribution in [0.3, 0.4) is 0 Å². The van der Waals surface area contributed by atoms with Crippen molar-refractivity contribution in [2.45, 2.75) is 18.9 Å². The van der Waals surface area contributed by atoms with E-state index in [2.05, 4.69) is 15.7 Å². The van der Waals surface area contributed by atoms with Crippen LogP contribution >= 0.6 is 0 Å². The average Bonchev–Trinajstić information content (AvgIpc) is 3.14.